The number of hydrogen-bond donors (Lipinski definition) is 1. The molecular formula is C20H20N4O2. The summed E-state index contributed by atoms with van der Waals surface area (Å²) in [4.78, 5) is 18.7. The van der Waals surface area contributed by atoms with Crippen LogP contribution in [0.25, 0.3) is 11.5 Å². The molecule has 2 aromatic carbocycles. The lowest BCUT2D eigenvalue weighted by molar-refractivity contribution is 0.0781. The fraction of sp³-hybridized carbons (Fsp3) is 0.150. The monoisotopic (exact) mass is 348 g/mol. The molecule has 3 rings (SSSR count). The van der Waals surface area contributed by atoms with E-state index in [9.17, 15) is 4.79 Å². The molecule has 0 atom stereocenters. The Morgan fingerprint density at radius 2 is 1.92 bits per heavy atom. The molecule has 3 aromatic rings. The zero-order valence-electron chi connectivity index (χ0n) is 14.6. The van der Waals surface area contributed by atoms with Crippen molar-refractivity contribution in [1.29, 1.82) is 0 Å². The molecular weight excluding hydrogens is 328 g/mol. The van der Waals surface area contributed by atoms with Gasteiger partial charge in [0.15, 0.2) is 5.82 Å². The van der Waals surface area contributed by atoms with Crippen molar-refractivity contribution in [1.82, 2.24) is 15.0 Å². The normalized spacial score (nSPS) is 10.3. The van der Waals surface area contributed by atoms with Gasteiger partial charge in [-0.1, -0.05) is 41.6 Å². The second-order valence-corrected chi connectivity index (χ2v) is 5.76. The highest BCUT2D eigenvalue weighted by atomic mass is 16.5. The number of para-hydroxylation sites is 1. The van der Waals surface area contributed by atoms with Gasteiger partial charge in [0.1, 0.15) is 0 Å². The van der Waals surface area contributed by atoms with E-state index in [-0.39, 0.29) is 12.5 Å². The van der Waals surface area contributed by atoms with Crippen molar-refractivity contribution in [2.75, 3.05) is 18.9 Å². The first-order valence-electron chi connectivity index (χ1n) is 8.26. The van der Waals surface area contributed by atoms with Gasteiger partial charge in [-0.25, -0.2) is 0 Å². The minimum atomic E-state index is -0.122. The van der Waals surface area contributed by atoms with Crippen LogP contribution in [0.4, 0.5) is 5.69 Å². The van der Waals surface area contributed by atoms with Crippen LogP contribution in [0, 0.1) is 0 Å². The Morgan fingerprint density at radius 3 is 2.69 bits per heavy atom. The lowest BCUT2D eigenvalue weighted by Gasteiger charge is -2.17. The van der Waals surface area contributed by atoms with Crippen molar-refractivity contribution in [3.63, 3.8) is 0 Å². The molecule has 1 N–H and O–H groups in total. The zero-order valence-corrected chi connectivity index (χ0v) is 14.6. The van der Waals surface area contributed by atoms with E-state index in [1.54, 1.807) is 24.1 Å². The molecule has 132 valence electrons. The smallest absolute Gasteiger partial charge is 0.257 e. The van der Waals surface area contributed by atoms with E-state index in [1.807, 2.05) is 48.5 Å². The topological polar surface area (TPSA) is 71.3 Å². The van der Waals surface area contributed by atoms with Gasteiger partial charge < -0.3 is 14.7 Å². The number of nitrogens with zero attached hydrogens (tertiary/aromatic N) is 3. The molecule has 1 heterocycles. The van der Waals surface area contributed by atoms with Gasteiger partial charge in [0.25, 0.3) is 11.8 Å². The fourth-order valence-corrected chi connectivity index (χ4v) is 2.51. The first kappa shape index (κ1) is 17.4. The third kappa shape index (κ3) is 3.97. The molecule has 0 bridgehead atoms. The molecule has 26 heavy (non-hydrogen) atoms. The minimum Gasteiger partial charge on any atom is -0.381 e. The first-order chi connectivity index (χ1) is 12.7. The average molecular weight is 348 g/mol. The number of rotatable bonds is 7. The number of benzene rings is 2. The fourth-order valence-electron chi connectivity index (χ4n) is 2.51. The maximum absolute atomic E-state index is 12.8. The SMILES string of the molecule is C=CCNc1ccccc1C(=O)N(C)Cc1noc(-c2ccccc2)n1. The van der Waals surface area contributed by atoms with Crippen molar-refractivity contribution in [3.8, 4) is 11.5 Å². The van der Waals surface area contributed by atoms with Crippen LogP contribution in [-0.2, 0) is 6.54 Å². The molecule has 0 aliphatic rings. The van der Waals surface area contributed by atoms with Gasteiger partial charge in [0.2, 0.25) is 0 Å². The van der Waals surface area contributed by atoms with E-state index >= 15 is 0 Å². The third-order valence-corrected chi connectivity index (χ3v) is 3.81. The van der Waals surface area contributed by atoms with Crippen molar-refractivity contribution in [2.24, 2.45) is 0 Å². The van der Waals surface area contributed by atoms with E-state index in [2.05, 4.69) is 22.0 Å². The molecule has 6 heteroatoms. The standard InChI is InChI=1S/C20H20N4O2/c1-3-13-21-17-12-8-7-11-16(17)20(25)24(2)14-18-22-19(26-23-18)15-9-5-4-6-10-15/h3-12,21H,1,13-14H2,2H3. The third-order valence-electron chi connectivity index (χ3n) is 3.81. The van der Waals surface area contributed by atoms with Crippen molar-refractivity contribution >= 4 is 11.6 Å². The van der Waals surface area contributed by atoms with Gasteiger partial charge in [-0.05, 0) is 24.3 Å². The van der Waals surface area contributed by atoms with E-state index in [1.165, 1.54) is 0 Å². The molecule has 0 aliphatic heterocycles. The number of hydrogen-bond acceptors (Lipinski definition) is 5. The molecule has 0 fully saturated rings. The summed E-state index contributed by atoms with van der Waals surface area (Å²) in [6.45, 7) is 4.52. The quantitative estimate of drug-likeness (QED) is 0.661. The molecule has 0 unspecified atom stereocenters. The highest BCUT2D eigenvalue weighted by Gasteiger charge is 2.18. The van der Waals surface area contributed by atoms with Crippen LogP contribution in [0.1, 0.15) is 16.2 Å². The van der Waals surface area contributed by atoms with Crippen LogP contribution in [-0.4, -0.2) is 34.5 Å². The summed E-state index contributed by atoms with van der Waals surface area (Å²) < 4.78 is 5.29. The summed E-state index contributed by atoms with van der Waals surface area (Å²) in [6, 6.07) is 16.9. The molecule has 0 aliphatic carbocycles. The molecule has 0 saturated heterocycles. The van der Waals surface area contributed by atoms with Crippen LogP contribution in [0.2, 0.25) is 0 Å². The van der Waals surface area contributed by atoms with Crippen molar-refractivity contribution in [3.05, 3.63) is 78.6 Å². The molecule has 1 aromatic heterocycles. The summed E-state index contributed by atoms with van der Waals surface area (Å²) in [5.74, 6) is 0.772. The lowest BCUT2D eigenvalue weighted by Crippen LogP contribution is -2.27. The minimum absolute atomic E-state index is 0.122. The van der Waals surface area contributed by atoms with Crippen LogP contribution in [0.5, 0.6) is 0 Å². The Bertz CT molecular complexity index is 890. The second kappa shape index (κ2) is 8.11. The van der Waals surface area contributed by atoms with E-state index in [0.717, 1.165) is 11.3 Å². The Balaban J connectivity index is 1.72. The van der Waals surface area contributed by atoms with Gasteiger partial charge in [0.05, 0.1) is 12.1 Å². The van der Waals surface area contributed by atoms with E-state index in [4.69, 9.17) is 4.52 Å². The largest absolute Gasteiger partial charge is 0.381 e. The Kier molecular flexibility index (Phi) is 5.43. The molecule has 6 nitrogen and oxygen atoms in total. The summed E-state index contributed by atoms with van der Waals surface area (Å²) >= 11 is 0. The summed E-state index contributed by atoms with van der Waals surface area (Å²) in [5, 5.41) is 7.14. The van der Waals surface area contributed by atoms with E-state index < -0.39 is 0 Å². The Morgan fingerprint density at radius 1 is 1.19 bits per heavy atom. The molecule has 1 amide bonds. The average Bonchev–Trinajstić information content (AvgIpc) is 3.15. The number of aromatic nitrogens is 2. The molecule has 0 spiro atoms. The maximum atomic E-state index is 12.8. The predicted octanol–water partition coefficient (Wildman–Crippen LogP) is 3.61. The highest BCUT2D eigenvalue weighted by Crippen LogP contribution is 2.19. The number of carbonyl (C=O) groups excluding carboxylic acids is 1. The van der Waals surface area contributed by atoms with E-state index in [0.29, 0.717) is 23.8 Å². The van der Waals surface area contributed by atoms with Gasteiger partial charge in [-0.15, -0.1) is 6.58 Å². The predicted molar refractivity (Wildman–Crippen MR) is 101 cm³/mol. The second-order valence-electron chi connectivity index (χ2n) is 5.76. The number of nitrogens with one attached hydrogen (secondary N) is 1. The van der Waals surface area contributed by atoms with Gasteiger partial charge in [-0.3, -0.25) is 4.79 Å². The Hall–Kier alpha value is -3.41. The number of carbonyl (C=O) groups is 1. The van der Waals surface area contributed by atoms with Crippen molar-refractivity contribution < 1.29 is 9.32 Å². The highest BCUT2D eigenvalue weighted by molar-refractivity contribution is 5.99. The molecule has 0 saturated carbocycles. The number of amides is 1. The Labute approximate surface area is 152 Å². The van der Waals surface area contributed by atoms with Crippen LogP contribution in [0.15, 0.2) is 71.8 Å². The summed E-state index contributed by atoms with van der Waals surface area (Å²) in [5.41, 5.74) is 2.20. The summed E-state index contributed by atoms with van der Waals surface area (Å²) in [7, 11) is 1.71. The van der Waals surface area contributed by atoms with Crippen LogP contribution < -0.4 is 5.32 Å². The van der Waals surface area contributed by atoms with Gasteiger partial charge in [0, 0.05) is 24.8 Å². The number of anilines is 1. The van der Waals surface area contributed by atoms with Crippen LogP contribution >= 0.6 is 0 Å². The maximum Gasteiger partial charge on any atom is 0.257 e. The van der Waals surface area contributed by atoms with Crippen molar-refractivity contribution in [2.45, 2.75) is 6.54 Å². The lowest BCUT2D eigenvalue weighted by atomic mass is 10.1. The van der Waals surface area contributed by atoms with Gasteiger partial charge in [-0.2, -0.15) is 4.98 Å². The first-order valence-corrected chi connectivity index (χ1v) is 8.26. The van der Waals surface area contributed by atoms with Gasteiger partial charge >= 0.3 is 0 Å². The summed E-state index contributed by atoms with van der Waals surface area (Å²) in [6.07, 6.45) is 1.75. The molecule has 0 radical (unpaired) electrons. The zero-order chi connectivity index (χ0) is 18.4. The van der Waals surface area contributed by atoms with Crippen LogP contribution in [0.3, 0.4) is 0 Å².